The van der Waals surface area contributed by atoms with E-state index in [1.54, 1.807) is 12.1 Å². The SMILES string of the molecule is CCCCOC(=O)c1ccc(-n2c(C)cc(C=C3NC(=S)N(c4ccccc4)C3=O)c2C)cc1. The normalized spacial score (nSPS) is 14.6. The van der Waals surface area contributed by atoms with Crippen LogP contribution < -0.4 is 10.2 Å². The molecular weight excluding hydrogens is 446 g/mol. The van der Waals surface area contributed by atoms with E-state index in [0.29, 0.717) is 23.0 Å². The first-order valence-electron chi connectivity index (χ1n) is 11.3. The molecule has 0 aliphatic carbocycles. The van der Waals surface area contributed by atoms with Gasteiger partial charge in [-0.15, -0.1) is 0 Å². The number of esters is 1. The van der Waals surface area contributed by atoms with Crippen LogP contribution in [0.4, 0.5) is 5.69 Å². The Kier molecular flexibility index (Phi) is 6.93. The molecule has 0 atom stereocenters. The van der Waals surface area contributed by atoms with Crippen LogP contribution in [0, 0.1) is 13.8 Å². The second-order valence-corrected chi connectivity index (χ2v) is 8.55. The van der Waals surface area contributed by atoms with E-state index < -0.39 is 0 Å². The number of carbonyl (C=O) groups excluding carboxylic acids is 2. The number of hydrogen-bond acceptors (Lipinski definition) is 4. The van der Waals surface area contributed by atoms with Crippen molar-refractivity contribution in [2.24, 2.45) is 0 Å². The third-order valence-electron chi connectivity index (χ3n) is 5.75. The van der Waals surface area contributed by atoms with Gasteiger partial charge in [0.25, 0.3) is 5.91 Å². The maximum Gasteiger partial charge on any atom is 0.338 e. The van der Waals surface area contributed by atoms with Gasteiger partial charge in [-0.25, -0.2) is 4.79 Å². The molecule has 2 aromatic carbocycles. The fourth-order valence-electron chi connectivity index (χ4n) is 3.97. The second kappa shape index (κ2) is 10.1. The highest BCUT2D eigenvalue weighted by atomic mass is 32.1. The first-order valence-corrected chi connectivity index (χ1v) is 11.7. The van der Waals surface area contributed by atoms with Crippen LogP contribution in [-0.4, -0.2) is 28.2 Å². The minimum Gasteiger partial charge on any atom is -0.462 e. The Balaban J connectivity index is 1.57. The molecule has 7 heteroatoms. The number of rotatable bonds is 7. The molecule has 3 aromatic rings. The summed E-state index contributed by atoms with van der Waals surface area (Å²) in [5.41, 5.74) is 5.51. The van der Waals surface area contributed by atoms with Gasteiger partial charge in [0.2, 0.25) is 0 Å². The van der Waals surface area contributed by atoms with Crippen molar-refractivity contribution in [2.45, 2.75) is 33.6 Å². The van der Waals surface area contributed by atoms with Crippen LogP contribution in [0.1, 0.15) is 47.1 Å². The fraction of sp³-hybridized carbons (Fsp3) is 0.222. The number of amides is 1. The molecule has 2 heterocycles. The summed E-state index contributed by atoms with van der Waals surface area (Å²) in [5, 5.41) is 3.40. The van der Waals surface area contributed by atoms with E-state index in [1.165, 1.54) is 4.90 Å². The predicted molar refractivity (Wildman–Crippen MR) is 138 cm³/mol. The van der Waals surface area contributed by atoms with E-state index in [0.717, 1.165) is 41.2 Å². The Hall–Kier alpha value is -3.71. The number of aryl methyl sites for hydroxylation is 1. The number of aromatic nitrogens is 1. The summed E-state index contributed by atoms with van der Waals surface area (Å²) < 4.78 is 7.38. The first-order chi connectivity index (χ1) is 16.4. The summed E-state index contributed by atoms with van der Waals surface area (Å²) in [6, 6.07) is 18.7. The van der Waals surface area contributed by atoms with Gasteiger partial charge in [0.15, 0.2) is 5.11 Å². The maximum absolute atomic E-state index is 13.0. The average Bonchev–Trinajstić information content (AvgIpc) is 3.28. The largest absolute Gasteiger partial charge is 0.462 e. The molecule has 1 N–H and O–H groups in total. The highest BCUT2D eigenvalue weighted by molar-refractivity contribution is 7.80. The summed E-state index contributed by atoms with van der Waals surface area (Å²) in [7, 11) is 0. The molecule has 174 valence electrons. The van der Waals surface area contributed by atoms with Crippen LogP contribution in [0.3, 0.4) is 0 Å². The zero-order chi connectivity index (χ0) is 24.2. The van der Waals surface area contributed by atoms with E-state index in [4.69, 9.17) is 17.0 Å². The summed E-state index contributed by atoms with van der Waals surface area (Å²) in [4.78, 5) is 26.7. The highest BCUT2D eigenvalue weighted by Gasteiger charge is 2.32. The van der Waals surface area contributed by atoms with Crippen molar-refractivity contribution in [3.05, 3.63) is 88.9 Å². The predicted octanol–water partition coefficient (Wildman–Crippen LogP) is 5.31. The summed E-state index contributed by atoms with van der Waals surface area (Å²) in [6.45, 7) is 6.50. The topological polar surface area (TPSA) is 63.6 Å². The van der Waals surface area contributed by atoms with Gasteiger partial charge in [0.05, 0.1) is 17.9 Å². The Morgan fingerprint density at radius 3 is 2.44 bits per heavy atom. The average molecular weight is 474 g/mol. The number of ether oxygens (including phenoxy) is 1. The lowest BCUT2D eigenvalue weighted by molar-refractivity contribution is -0.113. The molecular formula is C27H27N3O3S. The molecule has 0 bridgehead atoms. The van der Waals surface area contributed by atoms with Crippen LogP contribution in [0.2, 0.25) is 0 Å². The number of anilines is 1. The molecule has 1 fully saturated rings. The molecule has 6 nitrogen and oxygen atoms in total. The molecule has 34 heavy (non-hydrogen) atoms. The standard InChI is InChI=1S/C27H27N3O3S/c1-4-5-15-33-26(32)20-11-13-23(14-12-20)29-18(2)16-21(19(29)3)17-24-25(31)30(27(34)28-24)22-9-7-6-8-10-22/h6-14,16-17H,4-5,15H2,1-3H3,(H,28,34). The van der Waals surface area contributed by atoms with E-state index in [2.05, 4.69) is 16.8 Å². The maximum atomic E-state index is 13.0. The van der Waals surface area contributed by atoms with Crippen molar-refractivity contribution in [1.82, 2.24) is 9.88 Å². The van der Waals surface area contributed by atoms with E-state index in [1.807, 2.05) is 68.5 Å². The minimum atomic E-state index is -0.309. The second-order valence-electron chi connectivity index (χ2n) is 8.16. The van der Waals surface area contributed by atoms with Crippen LogP contribution in [0.15, 0.2) is 66.4 Å². The van der Waals surface area contributed by atoms with Crippen molar-refractivity contribution < 1.29 is 14.3 Å². The zero-order valence-corrected chi connectivity index (χ0v) is 20.3. The third kappa shape index (κ3) is 4.65. The first kappa shape index (κ1) is 23.4. The summed E-state index contributed by atoms with van der Waals surface area (Å²) in [6.07, 6.45) is 3.67. The van der Waals surface area contributed by atoms with Gasteiger partial charge >= 0.3 is 5.97 Å². The Morgan fingerprint density at radius 2 is 1.76 bits per heavy atom. The van der Waals surface area contributed by atoms with Crippen molar-refractivity contribution >= 4 is 41.0 Å². The van der Waals surface area contributed by atoms with Crippen LogP contribution in [-0.2, 0) is 9.53 Å². The Bertz CT molecular complexity index is 1260. The van der Waals surface area contributed by atoms with E-state index >= 15 is 0 Å². The van der Waals surface area contributed by atoms with E-state index in [9.17, 15) is 9.59 Å². The van der Waals surface area contributed by atoms with E-state index in [-0.39, 0.29) is 11.9 Å². The molecule has 0 radical (unpaired) electrons. The molecule has 1 aliphatic heterocycles. The van der Waals surface area contributed by atoms with Gasteiger partial charge in [-0.2, -0.15) is 0 Å². The molecule has 1 saturated heterocycles. The van der Waals surface area contributed by atoms with Gasteiger partial charge < -0.3 is 14.6 Å². The van der Waals surface area contributed by atoms with Crippen molar-refractivity contribution in [2.75, 3.05) is 11.5 Å². The highest BCUT2D eigenvalue weighted by Crippen LogP contribution is 2.26. The van der Waals surface area contributed by atoms with Gasteiger partial charge in [0, 0.05) is 17.1 Å². The van der Waals surface area contributed by atoms with Crippen molar-refractivity contribution in [1.29, 1.82) is 0 Å². The molecule has 1 aliphatic rings. The fourth-order valence-corrected chi connectivity index (χ4v) is 4.27. The number of unbranched alkanes of at least 4 members (excludes halogenated alkanes) is 1. The minimum absolute atomic E-state index is 0.188. The van der Waals surface area contributed by atoms with Gasteiger partial charge in [-0.05, 0) is 86.6 Å². The third-order valence-corrected chi connectivity index (χ3v) is 6.04. The lowest BCUT2D eigenvalue weighted by Crippen LogP contribution is -2.30. The monoisotopic (exact) mass is 473 g/mol. The number of carbonyl (C=O) groups is 2. The lowest BCUT2D eigenvalue weighted by atomic mass is 10.2. The van der Waals surface area contributed by atoms with Crippen molar-refractivity contribution in [3.8, 4) is 5.69 Å². The van der Waals surface area contributed by atoms with Crippen LogP contribution in [0.5, 0.6) is 0 Å². The molecule has 4 rings (SSSR count). The number of thiocarbonyl (C=S) groups is 1. The number of benzene rings is 2. The van der Waals surface area contributed by atoms with Crippen LogP contribution in [0.25, 0.3) is 11.8 Å². The lowest BCUT2D eigenvalue weighted by Gasteiger charge is -2.13. The number of nitrogens with one attached hydrogen (secondary N) is 1. The Labute approximate surface area is 204 Å². The van der Waals surface area contributed by atoms with Crippen molar-refractivity contribution in [3.63, 3.8) is 0 Å². The molecule has 0 saturated carbocycles. The number of nitrogens with zero attached hydrogens (tertiary/aromatic N) is 2. The number of hydrogen-bond donors (Lipinski definition) is 1. The molecule has 1 amide bonds. The molecule has 0 unspecified atom stereocenters. The van der Waals surface area contributed by atoms with Gasteiger partial charge in [-0.1, -0.05) is 31.5 Å². The summed E-state index contributed by atoms with van der Waals surface area (Å²) >= 11 is 5.41. The molecule has 1 aromatic heterocycles. The Morgan fingerprint density at radius 1 is 1.06 bits per heavy atom. The molecule has 0 spiro atoms. The number of para-hydroxylation sites is 1. The van der Waals surface area contributed by atoms with Crippen LogP contribution >= 0.6 is 12.2 Å². The van der Waals surface area contributed by atoms with Gasteiger partial charge in [-0.3, -0.25) is 9.69 Å². The summed E-state index contributed by atoms with van der Waals surface area (Å²) in [5.74, 6) is -0.497. The quantitative estimate of drug-likeness (QED) is 0.218. The van der Waals surface area contributed by atoms with Gasteiger partial charge in [0.1, 0.15) is 5.70 Å². The zero-order valence-electron chi connectivity index (χ0n) is 19.5. The smallest absolute Gasteiger partial charge is 0.338 e.